The zero-order chi connectivity index (χ0) is 28.0. The number of aromatic nitrogens is 2. The fourth-order valence-electron chi connectivity index (χ4n) is 5.05. The van der Waals surface area contributed by atoms with E-state index in [9.17, 15) is 14.0 Å². The number of furan rings is 1. The topological polar surface area (TPSA) is 111 Å². The number of nitrogens with two attached hydrogens (primary N) is 1. The molecule has 6 rings (SSSR count). The van der Waals surface area contributed by atoms with Crippen LogP contribution < -0.4 is 11.1 Å². The van der Waals surface area contributed by atoms with E-state index in [0.29, 0.717) is 22.4 Å². The summed E-state index contributed by atoms with van der Waals surface area (Å²) >= 11 is 0. The van der Waals surface area contributed by atoms with Crippen molar-refractivity contribution in [1.82, 2.24) is 15.5 Å². The summed E-state index contributed by atoms with van der Waals surface area (Å²) < 4.78 is 35.4. The van der Waals surface area contributed by atoms with Crippen molar-refractivity contribution in [2.45, 2.75) is 31.7 Å². The van der Waals surface area contributed by atoms with Crippen LogP contribution in [0.3, 0.4) is 0 Å². The van der Waals surface area contributed by atoms with Crippen molar-refractivity contribution in [3.05, 3.63) is 118 Å². The fraction of sp³-hybridized carbons (Fsp3) is 0.161. The lowest BCUT2D eigenvalue weighted by Crippen LogP contribution is -2.35. The van der Waals surface area contributed by atoms with Gasteiger partial charge in [0.2, 0.25) is 0 Å². The van der Waals surface area contributed by atoms with Gasteiger partial charge in [-0.25, -0.2) is 8.78 Å². The van der Waals surface area contributed by atoms with Crippen LogP contribution >= 0.6 is 0 Å². The molecular formula is C31H24F2N4O3. The zero-order valence-electron chi connectivity index (χ0n) is 21.5. The van der Waals surface area contributed by atoms with Crippen LogP contribution in [-0.4, -0.2) is 22.0 Å². The predicted octanol–water partition coefficient (Wildman–Crippen LogP) is 5.59. The highest BCUT2D eigenvalue weighted by Crippen LogP contribution is 2.44. The number of rotatable bonds is 7. The number of hydrogen-bond donors (Lipinski definition) is 2. The molecule has 0 saturated heterocycles. The van der Waals surface area contributed by atoms with Crippen molar-refractivity contribution in [2.75, 3.05) is 0 Å². The number of primary amides is 1. The maximum atomic E-state index is 16.2. The monoisotopic (exact) mass is 538 g/mol. The van der Waals surface area contributed by atoms with E-state index < -0.39 is 23.1 Å². The first-order chi connectivity index (χ1) is 19.3. The maximum Gasteiger partial charge on any atom is 0.253 e. The minimum absolute atomic E-state index is 0.0315. The lowest BCUT2D eigenvalue weighted by molar-refractivity contribution is 0.0928. The van der Waals surface area contributed by atoms with E-state index in [0.717, 1.165) is 18.4 Å². The summed E-state index contributed by atoms with van der Waals surface area (Å²) in [5.74, 6) is -2.04. The Kier molecular flexibility index (Phi) is 6.14. The Morgan fingerprint density at radius 3 is 2.48 bits per heavy atom. The second-order valence-electron chi connectivity index (χ2n) is 10.0. The molecule has 2 heterocycles. The van der Waals surface area contributed by atoms with Gasteiger partial charge in [0.15, 0.2) is 0 Å². The normalized spacial score (nSPS) is 13.8. The molecule has 2 aromatic heterocycles. The number of nitrogens with zero attached hydrogens (tertiary/aromatic N) is 2. The Morgan fingerprint density at radius 1 is 1.02 bits per heavy atom. The van der Waals surface area contributed by atoms with E-state index in [-0.39, 0.29) is 40.2 Å². The number of carbonyl (C=O) groups is 2. The van der Waals surface area contributed by atoms with Gasteiger partial charge in [-0.05, 0) is 85.0 Å². The molecule has 0 unspecified atom stereocenters. The highest BCUT2D eigenvalue weighted by atomic mass is 19.1. The molecule has 1 fully saturated rings. The molecule has 1 saturated carbocycles. The Balaban J connectivity index is 1.37. The number of amides is 2. The lowest BCUT2D eigenvalue weighted by Gasteiger charge is -2.17. The number of carbonyl (C=O) groups excluding carboxylic acids is 2. The van der Waals surface area contributed by atoms with Gasteiger partial charge in [-0.3, -0.25) is 9.59 Å². The summed E-state index contributed by atoms with van der Waals surface area (Å²) in [6.07, 6.45) is 3.20. The third-order valence-corrected chi connectivity index (χ3v) is 7.35. The van der Waals surface area contributed by atoms with Crippen LogP contribution in [0.4, 0.5) is 8.78 Å². The number of benzene rings is 3. The molecule has 40 heavy (non-hydrogen) atoms. The molecule has 0 atom stereocenters. The molecule has 0 bridgehead atoms. The van der Waals surface area contributed by atoms with Gasteiger partial charge in [0.05, 0.1) is 22.2 Å². The summed E-state index contributed by atoms with van der Waals surface area (Å²) in [5.41, 5.74) is 8.38. The Labute approximate surface area is 228 Å². The average molecular weight is 539 g/mol. The zero-order valence-corrected chi connectivity index (χ0v) is 21.5. The van der Waals surface area contributed by atoms with Crippen molar-refractivity contribution in [3.8, 4) is 11.1 Å². The molecular weight excluding hydrogens is 514 g/mol. The molecule has 200 valence electrons. The van der Waals surface area contributed by atoms with Crippen molar-refractivity contribution in [3.63, 3.8) is 0 Å². The number of nitrogens with one attached hydrogen (secondary N) is 1. The molecule has 0 spiro atoms. The molecule has 2 amide bonds. The van der Waals surface area contributed by atoms with Crippen LogP contribution in [0.2, 0.25) is 0 Å². The number of hydrogen-bond acceptors (Lipinski definition) is 5. The Bertz CT molecular complexity index is 1780. The van der Waals surface area contributed by atoms with Gasteiger partial charge in [0, 0.05) is 23.7 Å². The van der Waals surface area contributed by atoms with E-state index in [1.54, 1.807) is 54.7 Å². The van der Waals surface area contributed by atoms with Crippen LogP contribution in [0.5, 0.6) is 0 Å². The van der Waals surface area contributed by atoms with Gasteiger partial charge >= 0.3 is 0 Å². The summed E-state index contributed by atoms with van der Waals surface area (Å²) in [5, 5.41) is 11.1. The smallest absolute Gasteiger partial charge is 0.253 e. The van der Waals surface area contributed by atoms with Gasteiger partial charge in [0.1, 0.15) is 23.0 Å². The third-order valence-electron chi connectivity index (χ3n) is 7.35. The first-order valence-corrected chi connectivity index (χ1v) is 12.8. The Morgan fingerprint density at radius 2 is 1.80 bits per heavy atom. The van der Waals surface area contributed by atoms with Gasteiger partial charge in [0.25, 0.3) is 11.8 Å². The van der Waals surface area contributed by atoms with Crippen LogP contribution in [0, 0.1) is 18.6 Å². The lowest BCUT2D eigenvalue weighted by atomic mass is 9.95. The van der Waals surface area contributed by atoms with E-state index in [4.69, 9.17) is 10.2 Å². The van der Waals surface area contributed by atoms with Crippen LogP contribution in [0.1, 0.15) is 56.1 Å². The molecule has 9 heteroatoms. The highest BCUT2D eigenvalue weighted by molar-refractivity contribution is 6.08. The molecule has 3 N–H and O–H groups in total. The minimum Gasteiger partial charge on any atom is -0.460 e. The summed E-state index contributed by atoms with van der Waals surface area (Å²) in [7, 11) is 0. The van der Waals surface area contributed by atoms with Crippen molar-refractivity contribution < 1.29 is 22.8 Å². The van der Waals surface area contributed by atoms with Crippen LogP contribution in [0.15, 0.2) is 77.3 Å². The van der Waals surface area contributed by atoms with Crippen molar-refractivity contribution in [2.24, 2.45) is 5.73 Å². The molecule has 5 aromatic rings. The van der Waals surface area contributed by atoms with E-state index in [1.807, 2.05) is 13.0 Å². The third kappa shape index (κ3) is 4.49. The first-order valence-electron chi connectivity index (χ1n) is 12.8. The molecule has 3 aromatic carbocycles. The highest BCUT2D eigenvalue weighted by Gasteiger charge is 2.47. The molecule has 0 radical (unpaired) electrons. The second-order valence-corrected chi connectivity index (χ2v) is 10.0. The first kappa shape index (κ1) is 25.4. The minimum atomic E-state index is -0.837. The summed E-state index contributed by atoms with van der Waals surface area (Å²) in [6, 6.07) is 17.5. The van der Waals surface area contributed by atoms with Crippen LogP contribution in [0.25, 0.3) is 22.1 Å². The van der Waals surface area contributed by atoms with E-state index >= 15 is 4.39 Å². The number of aryl methyl sites for hydroxylation is 1. The SMILES string of the molecule is Cc1ccc(C(=O)NC2(c3cccnn3)CC2)cc1-c1ccc2oc(Cc3ccc(F)cc3)c(C(N)=O)c2c1F. The average Bonchev–Trinajstić information content (AvgIpc) is 3.63. The van der Waals surface area contributed by atoms with Gasteiger partial charge in [-0.1, -0.05) is 18.2 Å². The quantitative estimate of drug-likeness (QED) is 0.281. The maximum absolute atomic E-state index is 16.2. The molecule has 0 aliphatic heterocycles. The van der Waals surface area contributed by atoms with E-state index in [1.165, 1.54) is 12.1 Å². The molecule has 7 nitrogen and oxygen atoms in total. The fourth-order valence-corrected chi connectivity index (χ4v) is 5.05. The molecule has 1 aliphatic rings. The summed E-state index contributed by atoms with van der Waals surface area (Å²) in [6.45, 7) is 1.81. The second kappa shape index (κ2) is 9.68. The van der Waals surface area contributed by atoms with Crippen molar-refractivity contribution in [1.29, 1.82) is 0 Å². The number of fused-ring (bicyclic) bond motifs is 1. The van der Waals surface area contributed by atoms with Gasteiger partial charge in [-0.15, -0.1) is 0 Å². The Hall–Kier alpha value is -4.92. The molecule has 1 aliphatic carbocycles. The number of halogens is 2. The van der Waals surface area contributed by atoms with Gasteiger partial charge < -0.3 is 15.5 Å². The largest absolute Gasteiger partial charge is 0.460 e. The van der Waals surface area contributed by atoms with Crippen molar-refractivity contribution >= 4 is 22.8 Å². The van der Waals surface area contributed by atoms with E-state index in [2.05, 4.69) is 15.5 Å². The summed E-state index contributed by atoms with van der Waals surface area (Å²) in [4.78, 5) is 25.7. The predicted molar refractivity (Wildman–Crippen MR) is 144 cm³/mol. The standard InChI is InChI=1S/C31H24F2N4O3/c1-17-4-7-19(30(39)36-31(12-13-31)25-3-2-14-35-37-25)16-22(17)21-10-11-23-26(28(21)33)27(29(34)38)24(40-23)15-18-5-8-20(32)9-6-18/h2-11,14,16H,12-13,15H2,1H3,(H2,34,38)(H,36,39). The van der Waals surface area contributed by atoms with Gasteiger partial charge in [-0.2, -0.15) is 10.2 Å². The van der Waals surface area contributed by atoms with Crippen LogP contribution in [-0.2, 0) is 12.0 Å².